The second-order valence-electron chi connectivity index (χ2n) is 5.77. The van der Waals surface area contributed by atoms with Crippen LogP contribution in [0.25, 0.3) is 0 Å². The zero-order valence-electron chi connectivity index (χ0n) is 12.0. The summed E-state index contributed by atoms with van der Waals surface area (Å²) in [6.45, 7) is 2.32. The minimum atomic E-state index is 0.536. The first-order chi connectivity index (χ1) is 9.24. The first-order valence-electron chi connectivity index (χ1n) is 7.50. The maximum absolute atomic E-state index is 6.23. The third-order valence-electron chi connectivity index (χ3n) is 4.64. The summed E-state index contributed by atoms with van der Waals surface area (Å²) >= 11 is 6.23. The van der Waals surface area contributed by atoms with Gasteiger partial charge in [-0.15, -0.1) is 0 Å². The molecule has 0 saturated heterocycles. The minimum Gasteiger partial charge on any atom is -0.316 e. The molecule has 1 aromatic heterocycles. The number of hydrogen-bond donors (Lipinski definition) is 1. The topological polar surface area (TPSA) is 24.9 Å². The molecule has 3 atom stereocenters. The van der Waals surface area contributed by atoms with Gasteiger partial charge in [0.25, 0.3) is 0 Å². The molecule has 3 heteroatoms. The zero-order valence-corrected chi connectivity index (χ0v) is 12.8. The van der Waals surface area contributed by atoms with Crippen molar-refractivity contribution in [3.63, 3.8) is 0 Å². The van der Waals surface area contributed by atoms with E-state index in [-0.39, 0.29) is 0 Å². The van der Waals surface area contributed by atoms with Crippen LogP contribution >= 0.6 is 11.6 Å². The standard InChI is InChI=1S/C16H25ClN2/c1-3-12-5-4-6-14(9-12)16(18-2)10-13-7-8-19-11-15(13)17/h7-8,11-12,14,16,18H,3-6,9-10H2,1-2H3. The molecule has 1 aliphatic carbocycles. The Labute approximate surface area is 122 Å². The fourth-order valence-electron chi connectivity index (χ4n) is 3.38. The predicted molar refractivity (Wildman–Crippen MR) is 81.5 cm³/mol. The summed E-state index contributed by atoms with van der Waals surface area (Å²) in [5.74, 6) is 1.70. The van der Waals surface area contributed by atoms with Crippen molar-refractivity contribution in [3.05, 3.63) is 29.0 Å². The molecule has 1 N–H and O–H groups in total. The lowest BCUT2D eigenvalue weighted by atomic mass is 9.75. The summed E-state index contributed by atoms with van der Waals surface area (Å²) < 4.78 is 0. The Kier molecular flexibility index (Phi) is 5.65. The van der Waals surface area contributed by atoms with Crippen molar-refractivity contribution in [2.24, 2.45) is 11.8 Å². The number of aromatic nitrogens is 1. The lowest BCUT2D eigenvalue weighted by Gasteiger charge is -2.34. The Morgan fingerprint density at radius 1 is 1.47 bits per heavy atom. The molecule has 2 rings (SSSR count). The van der Waals surface area contributed by atoms with E-state index in [1.54, 1.807) is 6.20 Å². The van der Waals surface area contributed by atoms with Gasteiger partial charge in [0.05, 0.1) is 5.02 Å². The third kappa shape index (κ3) is 3.93. The van der Waals surface area contributed by atoms with Crippen LogP contribution in [0.3, 0.4) is 0 Å². The summed E-state index contributed by atoms with van der Waals surface area (Å²) in [6, 6.07) is 2.58. The zero-order chi connectivity index (χ0) is 13.7. The van der Waals surface area contributed by atoms with Crippen LogP contribution in [-0.4, -0.2) is 18.1 Å². The molecule has 1 fully saturated rings. The van der Waals surface area contributed by atoms with E-state index in [2.05, 4.69) is 24.3 Å². The van der Waals surface area contributed by atoms with Crippen LogP contribution in [0.15, 0.2) is 18.5 Å². The molecular weight excluding hydrogens is 256 g/mol. The number of nitrogens with one attached hydrogen (secondary N) is 1. The average Bonchev–Trinajstić information content (AvgIpc) is 2.46. The molecule has 2 nitrogen and oxygen atoms in total. The molecule has 1 aromatic rings. The molecule has 0 spiro atoms. The number of pyridine rings is 1. The normalized spacial score (nSPS) is 25.2. The number of rotatable bonds is 5. The van der Waals surface area contributed by atoms with Crippen molar-refractivity contribution in [1.82, 2.24) is 10.3 Å². The van der Waals surface area contributed by atoms with E-state index in [9.17, 15) is 0 Å². The van der Waals surface area contributed by atoms with Gasteiger partial charge in [0.1, 0.15) is 0 Å². The van der Waals surface area contributed by atoms with Crippen LogP contribution in [0.4, 0.5) is 0 Å². The van der Waals surface area contributed by atoms with Crippen molar-refractivity contribution in [3.8, 4) is 0 Å². The molecule has 106 valence electrons. The molecular formula is C16H25ClN2. The quantitative estimate of drug-likeness (QED) is 0.879. The Balaban J connectivity index is 2.01. The summed E-state index contributed by atoms with van der Waals surface area (Å²) in [7, 11) is 2.08. The second kappa shape index (κ2) is 7.25. The molecule has 0 amide bonds. The van der Waals surface area contributed by atoms with Crippen molar-refractivity contribution >= 4 is 11.6 Å². The van der Waals surface area contributed by atoms with Gasteiger partial charge in [0, 0.05) is 18.4 Å². The maximum atomic E-state index is 6.23. The van der Waals surface area contributed by atoms with Gasteiger partial charge in [-0.25, -0.2) is 0 Å². The van der Waals surface area contributed by atoms with Crippen LogP contribution < -0.4 is 5.32 Å². The summed E-state index contributed by atoms with van der Waals surface area (Å²) in [6.07, 6.45) is 11.4. The van der Waals surface area contributed by atoms with Gasteiger partial charge >= 0.3 is 0 Å². The van der Waals surface area contributed by atoms with Gasteiger partial charge in [0.2, 0.25) is 0 Å². The summed E-state index contributed by atoms with van der Waals surface area (Å²) in [4.78, 5) is 4.06. The predicted octanol–water partition coefficient (Wildman–Crippen LogP) is 4.08. The fourth-order valence-corrected chi connectivity index (χ4v) is 3.58. The SMILES string of the molecule is CCC1CCCC(C(Cc2ccncc2Cl)NC)C1. The third-order valence-corrected chi connectivity index (χ3v) is 4.98. The highest BCUT2D eigenvalue weighted by Crippen LogP contribution is 2.34. The van der Waals surface area contributed by atoms with Gasteiger partial charge < -0.3 is 5.32 Å². The average molecular weight is 281 g/mol. The Morgan fingerprint density at radius 3 is 3.00 bits per heavy atom. The Hall–Kier alpha value is -0.600. The molecule has 3 unspecified atom stereocenters. The second-order valence-corrected chi connectivity index (χ2v) is 6.17. The van der Waals surface area contributed by atoms with Gasteiger partial charge in [0.15, 0.2) is 0 Å². The van der Waals surface area contributed by atoms with Crippen molar-refractivity contribution in [2.75, 3.05) is 7.05 Å². The summed E-state index contributed by atoms with van der Waals surface area (Å²) in [5, 5.41) is 4.31. The number of hydrogen-bond acceptors (Lipinski definition) is 2. The molecule has 0 aliphatic heterocycles. The molecule has 1 saturated carbocycles. The largest absolute Gasteiger partial charge is 0.316 e. The van der Waals surface area contributed by atoms with E-state index in [0.29, 0.717) is 6.04 Å². The van der Waals surface area contributed by atoms with Gasteiger partial charge in [-0.1, -0.05) is 37.8 Å². The Bertz CT molecular complexity index is 394. The lowest BCUT2D eigenvalue weighted by molar-refractivity contribution is 0.212. The molecule has 19 heavy (non-hydrogen) atoms. The van der Waals surface area contributed by atoms with Gasteiger partial charge in [-0.3, -0.25) is 4.98 Å². The van der Waals surface area contributed by atoms with Crippen LogP contribution in [-0.2, 0) is 6.42 Å². The molecule has 0 aromatic carbocycles. The van der Waals surface area contributed by atoms with E-state index < -0.39 is 0 Å². The van der Waals surface area contributed by atoms with E-state index >= 15 is 0 Å². The van der Waals surface area contributed by atoms with Crippen molar-refractivity contribution < 1.29 is 0 Å². The van der Waals surface area contributed by atoms with Crippen LogP contribution in [0.2, 0.25) is 5.02 Å². The van der Waals surface area contributed by atoms with E-state index in [4.69, 9.17) is 11.6 Å². The smallest absolute Gasteiger partial charge is 0.0621 e. The lowest BCUT2D eigenvalue weighted by Crippen LogP contribution is -2.38. The monoisotopic (exact) mass is 280 g/mol. The number of halogens is 1. The van der Waals surface area contributed by atoms with Crippen LogP contribution in [0, 0.1) is 11.8 Å². The molecule has 0 radical (unpaired) electrons. The molecule has 1 aliphatic rings. The van der Waals surface area contributed by atoms with E-state index in [0.717, 1.165) is 23.3 Å². The first-order valence-corrected chi connectivity index (χ1v) is 7.88. The van der Waals surface area contributed by atoms with Crippen molar-refractivity contribution in [1.29, 1.82) is 0 Å². The van der Waals surface area contributed by atoms with E-state index in [1.807, 2.05) is 12.3 Å². The number of likely N-dealkylation sites (N-methyl/N-ethyl adjacent to an activating group) is 1. The van der Waals surface area contributed by atoms with Crippen LogP contribution in [0.5, 0.6) is 0 Å². The molecule has 1 heterocycles. The Morgan fingerprint density at radius 2 is 2.32 bits per heavy atom. The highest BCUT2D eigenvalue weighted by atomic mass is 35.5. The maximum Gasteiger partial charge on any atom is 0.0621 e. The van der Waals surface area contributed by atoms with E-state index in [1.165, 1.54) is 37.7 Å². The molecule has 0 bridgehead atoms. The summed E-state index contributed by atoms with van der Waals surface area (Å²) in [5.41, 5.74) is 1.22. The van der Waals surface area contributed by atoms with Crippen molar-refractivity contribution in [2.45, 2.75) is 51.5 Å². The van der Waals surface area contributed by atoms with Crippen LogP contribution in [0.1, 0.15) is 44.6 Å². The fraction of sp³-hybridized carbons (Fsp3) is 0.688. The highest BCUT2D eigenvalue weighted by Gasteiger charge is 2.27. The van der Waals surface area contributed by atoms with Gasteiger partial charge in [-0.2, -0.15) is 0 Å². The first kappa shape index (κ1) is 14.8. The number of nitrogens with zero attached hydrogens (tertiary/aromatic N) is 1. The minimum absolute atomic E-state index is 0.536. The highest BCUT2D eigenvalue weighted by molar-refractivity contribution is 6.31. The van der Waals surface area contributed by atoms with Gasteiger partial charge in [-0.05, 0) is 49.8 Å².